The van der Waals surface area contributed by atoms with Crippen LogP contribution >= 0.6 is 34.2 Å². The Morgan fingerprint density at radius 1 is 1.47 bits per heavy atom. The van der Waals surface area contributed by atoms with E-state index in [0.717, 1.165) is 40.7 Å². The Morgan fingerprint density at radius 3 is 2.74 bits per heavy atom. The van der Waals surface area contributed by atoms with Crippen LogP contribution in [-0.2, 0) is 0 Å². The van der Waals surface area contributed by atoms with Crippen molar-refractivity contribution in [2.75, 3.05) is 5.88 Å². The number of halogens is 2. The molecular weight excluding hydrogens is 373 g/mol. The largest absolute Gasteiger partial charge is 0.345 e. The first kappa shape index (κ1) is 15.1. The van der Waals surface area contributed by atoms with Gasteiger partial charge in [0.05, 0.1) is 5.54 Å². The maximum absolute atomic E-state index is 12.3. The van der Waals surface area contributed by atoms with Gasteiger partial charge in [-0.1, -0.05) is 13.0 Å². The molecule has 0 unspecified atom stereocenters. The monoisotopic (exact) mass is 391 g/mol. The van der Waals surface area contributed by atoms with Gasteiger partial charge in [0.15, 0.2) is 0 Å². The third-order valence-corrected chi connectivity index (χ3v) is 5.14. The van der Waals surface area contributed by atoms with Crippen molar-refractivity contribution in [1.29, 1.82) is 0 Å². The van der Waals surface area contributed by atoms with E-state index in [1.165, 1.54) is 0 Å². The van der Waals surface area contributed by atoms with E-state index in [2.05, 4.69) is 34.8 Å². The number of benzene rings is 1. The van der Waals surface area contributed by atoms with E-state index in [1.54, 1.807) is 0 Å². The molecule has 1 amide bonds. The first-order valence-electron chi connectivity index (χ1n) is 6.69. The van der Waals surface area contributed by atoms with E-state index in [4.69, 9.17) is 11.6 Å². The van der Waals surface area contributed by atoms with Crippen molar-refractivity contribution in [2.24, 2.45) is 5.92 Å². The molecule has 19 heavy (non-hydrogen) atoms. The van der Waals surface area contributed by atoms with Crippen LogP contribution < -0.4 is 5.32 Å². The molecular formula is C15H19ClINO. The molecule has 0 spiro atoms. The molecule has 1 saturated carbocycles. The lowest BCUT2D eigenvalue weighted by Crippen LogP contribution is -2.52. The Kier molecular flexibility index (Phi) is 5.12. The lowest BCUT2D eigenvalue weighted by molar-refractivity contribution is 0.0872. The molecule has 0 aliphatic heterocycles. The molecule has 0 atom stereocenters. The molecule has 2 rings (SSSR count). The van der Waals surface area contributed by atoms with Crippen LogP contribution in [0.2, 0.25) is 0 Å². The van der Waals surface area contributed by atoms with Gasteiger partial charge in [0.2, 0.25) is 0 Å². The summed E-state index contributed by atoms with van der Waals surface area (Å²) in [6.45, 7) is 2.26. The molecule has 1 aliphatic rings. The van der Waals surface area contributed by atoms with Crippen molar-refractivity contribution < 1.29 is 4.79 Å². The van der Waals surface area contributed by atoms with Crippen LogP contribution in [0.5, 0.6) is 0 Å². The van der Waals surface area contributed by atoms with Gasteiger partial charge in [-0.15, -0.1) is 11.6 Å². The van der Waals surface area contributed by atoms with Crippen LogP contribution in [0.25, 0.3) is 0 Å². The molecule has 1 N–H and O–H groups in total. The average Bonchev–Trinajstić information content (AvgIpc) is 2.42. The highest BCUT2D eigenvalue weighted by Gasteiger charge is 2.35. The third-order valence-electron chi connectivity index (χ3n) is 3.95. The number of nitrogens with one attached hydrogen (secondary N) is 1. The first-order valence-corrected chi connectivity index (χ1v) is 8.30. The topological polar surface area (TPSA) is 29.1 Å². The number of alkyl halides is 1. The zero-order valence-electron chi connectivity index (χ0n) is 11.1. The molecule has 104 valence electrons. The summed E-state index contributed by atoms with van der Waals surface area (Å²) in [5.41, 5.74) is 0.502. The predicted octanol–water partition coefficient (Wildman–Crippen LogP) is 4.21. The van der Waals surface area contributed by atoms with E-state index in [0.29, 0.717) is 5.88 Å². The minimum absolute atomic E-state index is 0.00582. The molecule has 0 heterocycles. The Hall–Kier alpha value is -0.290. The Morgan fingerprint density at radius 2 is 2.16 bits per heavy atom. The van der Waals surface area contributed by atoms with Crippen molar-refractivity contribution in [2.45, 2.75) is 38.1 Å². The van der Waals surface area contributed by atoms with Gasteiger partial charge < -0.3 is 5.32 Å². The maximum Gasteiger partial charge on any atom is 0.251 e. The van der Waals surface area contributed by atoms with E-state index in [9.17, 15) is 4.79 Å². The summed E-state index contributed by atoms with van der Waals surface area (Å²) in [6.07, 6.45) is 4.24. The van der Waals surface area contributed by atoms with Gasteiger partial charge in [-0.25, -0.2) is 0 Å². The number of carbonyl (C=O) groups is 1. The Balaban J connectivity index is 2.08. The molecule has 4 heteroatoms. The second-order valence-corrected chi connectivity index (χ2v) is 7.07. The Bertz CT molecular complexity index is 455. The second-order valence-electron chi connectivity index (χ2n) is 5.56. The summed E-state index contributed by atoms with van der Waals surface area (Å²) in [6, 6.07) is 7.65. The molecule has 1 aromatic carbocycles. The van der Waals surface area contributed by atoms with Crippen molar-refractivity contribution in [3.63, 3.8) is 0 Å². The molecule has 0 aromatic heterocycles. The van der Waals surface area contributed by atoms with Crippen LogP contribution in [0.15, 0.2) is 24.3 Å². The van der Waals surface area contributed by atoms with Gasteiger partial charge in [0.25, 0.3) is 5.91 Å². The average molecular weight is 392 g/mol. The summed E-state index contributed by atoms with van der Waals surface area (Å²) >= 11 is 8.35. The van der Waals surface area contributed by atoms with E-state index in [-0.39, 0.29) is 11.4 Å². The molecule has 0 saturated heterocycles. The predicted molar refractivity (Wildman–Crippen MR) is 87.7 cm³/mol. The molecule has 2 nitrogen and oxygen atoms in total. The number of carbonyl (C=O) groups excluding carboxylic acids is 1. The molecule has 0 radical (unpaired) electrons. The molecule has 0 bridgehead atoms. The van der Waals surface area contributed by atoms with Crippen molar-refractivity contribution >= 4 is 40.1 Å². The van der Waals surface area contributed by atoms with Gasteiger partial charge in [-0.3, -0.25) is 4.79 Å². The van der Waals surface area contributed by atoms with Gasteiger partial charge in [0, 0.05) is 15.0 Å². The van der Waals surface area contributed by atoms with Crippen LogP contribution in [0.4, 0.5) is 0 Å². The lowest BCUT2D eigenvalue weighted by atomic mass is 9.78. The summed E-state index contributed by atoms with van der Waals surface area (Å²) in [4.78, 5) is 12.3. The fourth-order valence-corrected chi connectivity index (χ4v) is 3.43. The van der Waals surface area contributed by atoms with Crippen LogP contribution in [-0.4, -0.2) is 17.3 Å². The number of rotatable bonds is 3. The van der Waals surface area contributed by atoms with E-state index >= 15 is 0 Å². The number of amides is 1. The maximum atomic E-state index is 12.3. The standard InChI is InChI=1S/C15H19ClINO/c1-11-5-7-15(10-16,8-6-11)18-14(19)12-3-2-4-13(17)9-12/h2-4,9,11H,5-8,10H2,1H3,(H,18,19). The molecule has 1 aromatic rings. The first-order chi connectivity index (χ1) is 9.04. The minimum Gasteiger partial charge on any atom is -0.345 e. The summed E-state index contributed by atoms with van der Waals surface area (Å²) < 4.78 is 1.07. The zero-order valence-corrected chi connectivity index (χ0v) is 14.0. The van der Waals surface area contributed by atoms with Crippen LogP contribution in [0.1, 0.15) is 43.0 Å². The highest BCUT2D eigenvalue weighted by atomic mass is 127. The Labute approximate surface area is 133 Å². The fourth-order valence-electron chi connectivity index (χ4n) is 2.55. The second kappa shape index (κ2) is 6.44. The van der Waals surface area contributed by atoms with Crippen molar-refractivity contribution in [3.8, 4) is 0 Å². The highest BCUT2D eigenvalue weighted by molar-refractivity contribution is 14.1. The summed E-state index contributed by atoms with van der Waals surface area (Å²) in [5.74, 6) is 1.23. The fraction of sp³-hybridized carbons (Fsp3) is 0.533. The van der Waals surface area contributed by atoms with Crippen molar-refractivity contribution in [1.82, 2.24) is 5.32 Å². The van der Waals surface area contributed by atoms with E-state index in [1.807, 2.05) is 24.3 Å². The van der Waals surface area contributed by atoms with E-state index < -0.39 is 0 Å². The zero-order chi connectivity index (χ0) is 13.9. The lowest BCUT2D eigenvalue weighted by Gasteiger charge is -2.38. The molecule has 1 aliphatic carbocycles. The SMILES string of the molecule is CC1CCC(CCl)(NC(=O)c2cccc(I)c2)CC1. The number of hydrogen-bond donors (Lipinski definition) is 1. The summed E-state index contributed by atoms with van der Waals surface area (Å²) in [5, 5.41) is 3.17. The van der Waals surface area contributed by atoms with Gasteiger partial charge in [-0.05, 0) is 72.4 Å². The molecule has 1 fully saturated rings. The minimum atomic E-state index is -0.216. The van der Waals surface area contributed by atoms with Crippen LogP contribution in [0.3, 0.4) is 0 Å². The normalized spacial score (nSPS) is 27.0. The van der Waals surface area contributed by atoms with Crippen LogP contribution in [0, 0.1) is 9.49 Å². The quantitative estimate of drug-likeness (QED) is 0.607. The van der Waals surface area contributed by atoms with Gasteiger partial charge in [0.1, 0.15) is 0 Å². The highest BCUT2D eigenvalue weighted by Crippen LogP contribution is 2.33. The third kappa shape index (κ3) is 3.85. The van der Waals surface area contributed by atoms with Crippen molar-refractivity contribution in [3.05, 3.63) is 33.4 Å². The van der Waals surface area contributed by atoms with Gasteiger partial charge in [-0.2, -0.15) is 0 Å². The number of hydrogen-bond acceptors (Lipinski definition) is 1. The smallest absolute Gasteiger partial charge is 0.251 e. The van der Waals surface area contributed by atoms with Gasteiger partial charge >= 0.3 is 0 Å². The summed E-state index contributed by atoms with van der Waals surface area (Å²) in [7, 11) is 0.